The average Bonchev–Trinajstić information content (AvgIpc) is 3.00. The molecule has 0 saturated heterocycles. The van der Waals surface area contributed by atoms with Gasteiger partial charge in [-0.2, -0.15) is 0 Å². The number of hydrogen-bond donors (Lipinski definition) is 1. The Morgan fingerprint density at radius 1 is 0.895 bits per heavy atom. The van der Waals surface area contributed by atoms with Crippen molar-refractivity contribution in [3.63, 3.8) is 0 Å². The second kappa shape index (κ2) is 4.00. The summed E-state index contributed by atoms with van der Waals surface area (Å²) in [5.74, 6) is 0.865. The summed E-state index contributed by atoms with van der Waals surface area (Å²) < 4.78 is 6.95. The number of furan rings is 1. The van der Waals surface area contributed by atoms with Gasteiger partial charge < -0.3 is 9.40 Å². The highest BCUT2D eigenvalue weighted by molar-refractivity contribution is 9.10. The van der Waals surface area contributed by atoms with Crippen LogP contribution in [0.15, 0.2) is 63.5 Å². The third-order valence-corrected chi connectivity index (χ3v) is 3.77. The molecule has 0 amide bonds. The van der Waals surface area contributed by atoms with E-state index in [4.69, 9.17) is 4.42 Å². The minimum Gasteiger partial charge on any atom is -0.455 e. The van der Waals surface area contributed by atoms with Gasteiger partial charge in [0.1, 0.15) is 5.58 Å². The smallest absolute Gasteiger partial charge is 0.151 e. The van der Waals surface area contributed by atoms with Crippen LogP contribution in [0.2, 0.25) is 0 Å². The Morgan fingerprint density at radius 2 is 1.79 bits per heavy atom. The maximum absolute atomic E-state index is 5.89. The van der Waals surface area contributed by atoms with Crippen molar-refractivity contribution >= 4 is 37.8 Å². The summed E-state index contributed by atoms with van der Waals surface area (Å²) in [6, 6.07) is 18.4. The quantitative estimate of drug-likeness (QED) is 0.505. The van der Waals surface area contributed by atoms with Crippen LogP contribution in [0.1, 0.15) is 0 Å². The molecule has 0 aliphatic rings. The largest absolute Gasteiger partial charge is 0.455 e. The molecule has 0 bridgehead atoms. The van der Waals surface area contributed by atoms with Crippen molar-refractivity contribution in [1.29, 1.82) is 0 Å². The van der Waals surface area contributed by atoms with Gasteiger partial charge in [0.25, 0.3) is 0 Å². The molecular weight excluding hydrogens is 302 g/mol. The lowest BCUT2D eigenvalue weighted by Crippen LogP contribution is -1.70. The molecule has 1 N–H and O–H groups in total. The normalized spacial score (nSPS) is 11.4. The Morgan fingerprint density at radius 3 is 2.68 bits per heavy atom. The van der Waals surface area contributed by atoms with Crippen molar-refractivity contribution in [2.45, 2.75) is 0 Å². The van der Waals surface area contributed by atoms with Crippen LogP contribution < -0.4 is 0 Å². The van der Waals surface area contributed by atoms with Gasteiger partial charge >= 0.3 is 0 Å². The first-order valence-corrected chi connectivity index (χ1v) is 6.86. The predicted octanol–water partition coefficient (Wildman–Crippen LogP) is 5.34. The lowest BCUT2D eigenvalue weighted by atomic mass is 10.2. The Bertz CT molecular complexity index is 855. The first-order valence-electron chi connectivity index (χ1n) is 6.07. The van der Waals surface area contributed by atoms with Gasteiger partial charge in [-0.3, -0.25) is 0 Å². The minimum atomic E-state index is 0.865. The van der Waals surface area contributed by atoms with Crippen LogP contribution in [0.4, 0.5) is 0 Å². The zero-order valence-corrected chi connectivity index (χ0v) is 11.6. The number of fused-ring (bicyclic) bond motifs is 2. The standard InChI is InChI=1S/C16H10BrNO/c17-12-5-6-15-11(7-12)9-16(19-15)14-8-10-3-1-2-4-13(10)18-14/h1-9,18H. The molecular formula is C16H10BrNO. The zero-order valence-electron chi connectivity index (χ0n) is 9.98. The molecule has 3 heteroatoms. The van der Waals surface area contributed by atoms with E-state index in [0.29, 0.717) is 0 Å². The lowest BCUT2D eigenvalue weighted by molar-refractivity contribution is 0.629. The second-order valence-corrected chi connectivity index (χ2v) is 5.48. The molecule has 0 unspecified atom stereocenters. The number of para-hydroxylation sites is 1. The topological polar surface area (TPSA) is 28.9 Å². The van der Waals surface area contributed by atoms with E-state index < -0.39 is 0 Å². The molecule has 0 atom stereocenters. The second-order valence-electron chi connectivity index (χ2n) is 4.56. The van der Waals surface area contributed by atoms with Gasteiger partial charge in [-0.05, 0) is 36.4 Å². The summed E-state index contributed by atoms with van der Waals surface area (Å²) in [4.78, 5) is 3.38. The number of aromatic amines is 1. The van der Waals surface area contributed by atoms with E-state index in [1.807, 2.05) is 24.3 Å². The molecule has 0 aliphatic heterocycles. The van der Waals surface area contributed by atoms with Gasteiger partial charge in [0, 0.05) is 20.8 Å². The van der Waals surface area contributed by atoms with E-state index in [-0.39, 0.29) is 0 Å². The summed E-state index contributed by atoms with van der Waals surface area (Å²) in [5.41, 5.74) is 3.03. The van der Waals surface area contributed by atoms with Gasteiger partial charge in [0.15, 0.2) is 5.76 Å². The van der Waals surface area contributed by atoms with Crippen molar-refractivity contribution in [2.75, 3.05) is 0 Å². The Hall–Kier alpha value is -2.00. The molecule has 0 radical (unpaired) electrons. The SMILES string of the molecule is Brc1ccc2oc(-c3cc4ccccc4[nH]3)cc2c1. The third-order valence-electron chi connectivity index (χ3n) is 3.27. The molecule has 4 aromatic rings. The van der Waals surface area contributed by atoms with Crippen molar-refractivity contribution < 1.29 is 4.42 Å². The molecule has 2 aromatic heterocycles. The number of nitrogens with one attached hydrogen (secondary N) is 1. The summed E-state index contributed by atoms with van der Waals surface area (Å²) >= 11 is 3.48. The zero-order chi connectivity index (χ0) is 12.8. The number of hydrogen-bond acceptors (Lipinski definition) is 1. The third kappa shape index (κ3) is 1.78. The van der Waals surface area contributed by atoms with Crippen LogP contribution in [0, 0.1) is 0 Å². The first kappa shape index (κ1) is 10.9. The number of rotatable bonds is 1. The van der Waals surface area contributed by atoms with Crippen LogP contribution >= 0.6 is 15.9 Å². The van der Waals surface area contributed by atoms with Crippen LogP contribution in [0.5, 0.6) is 0 Å². The molecule has 92 valence electrons. The van der Waals surface area contributed by atoms with Gasteiger partial charge in [-0.1, -0.05) is 34.1 Å². The summed E-state index contributed by atoms with van der Waals surface area (Å²) in [7, 11) is 0. The fourth-order valence-electron chi connectivity index (χ4n) is 2.35. The van der Waals surface area contributed by atoms with E-state index in [1.54, 1.807) is 0 Å². The maximum atomic E-state index is 5.89. The molecule has 0 saturated carbocycles. The van der Waals surface area contributed by atoms with Crippen LogP contribution in [-0.2, 0) is 0 Å². The van der Waals surface area contributed by atoms with E-state index in [2.05, 4.69) is 51.2 Å². The maximum Gasteiger partial charge on any atom is 0.151 e. The Labute approximate surface area is 118 Å². The van der Waals surface area contributed by atoms with Crippen molar-refractivity contribution in [1.82, 2.24) is 4.98 Å². The number of H-pyrrole nitrogens is 1. The fraction of sp³-hybridized carbons (Fsp3) is 0. The van der Waals surface area contributed by atoms with E-state index in [0.717, 1.165) is 32.4 Å². The molecule has 4 rings (SSSR count). The number of aromatic nitrogens is 1. The summed E-state index contributed by atoms with van der Waals surface area (Å²) in [6.07, 6.45) is 0. The van der Waals surface area contributed by atoms with E-state index in [9.17, 15) is 0 Å². The van der Waals surface area contributed by atoms with Gasteiger partial charge in [0.2, 0.25) is 0 Å². The number of benzene rings is 2. The van der Waals surface area contributed by atoms with Gasteiger partial charge in [0.05, 0.1) is 5.69 Å². The number of halogens is 1. The fourth-order valence-corrected chi connectivity index (χ4v) is 2.73. The highest BCUT2D eigenvalue weighted by atomic mass is 79.9. The highest BCUT2D eigenvalue weighted by Gasteiger charge is 2.09. The summed E-state index contributed by atoms with van der Waals surface area (Å²) in [5, 5.41) is 2.29. The highest BCUT2D eigenvalue weighted by Crippen LogP contribution is 2.30. The van der Waals surface area contributed by atoms with E-state index >= 15 is 0 Å². The monoisotopic (exact) mass is 311 g/mol. The minimum absolute atomic E-state index is 0.865. The average molecular weight is 312 g/mol. The predicted molar refractivity (Wildman–Crippen MR) is 81.2 cm³/mol. The molecule has 2 aromatic carbocycles. The molecule has 2 nitrogen and oxygen atoms in total. The van der Waals surface area contributed by atoms with Crippen molar-refractivity contribution in [3.05, 3.63) is 59.1 Å². The molecule has 19 heavy (non-hydrogen) atoms. The van der Waals surface area contributed by atoms with Crippen molar-refractivity contribution in [3.8, 4) is 11.5 Å². The molecule has 0 spiro atoms. The van der Waals surface area contributed by atoms with Crippen LogP contribution in [0.3, 0.4) is 0 Å². The molecule has 0 aliphatic carbocycles. The lowest BCUT2D eigenvalue weighted by Gasteiger charge is -1.89. The van der Waals surface area contributed by atoms with E-state index in [1.165, 1.54) is 5.39 Å². The summed E-state index contributed by atoms with van der Waals surface area (Å²) in [6.45, 7) is 0. The van der Waals surface area contributed by atoms with Gasteiger partial charge in [-0.15, -0.1) is 0 Å². The van der Waals surface area contributed by atoms with Crippen LogP contribution in [-0.4, -0.2) is 4.98 Å². The Kier molecular flexibility index (Phi) is 2.29. The van der Waals surface area contributed by atoms with Crippen molar-refractivity contribution in [2.24, 2.45) is 0 Å². The van der Waals surface area contributed by atoms with Gasteiger partial charge in [-0.25, -0.2) is 0 Å². The Balaban J connectivity index is 1.93. The van der Waals surface area contributed by atoms with Crippen LogP contribution in [0.25, 0.3) is 33.3 Å². The molecule has 2 heterocycles. The molecule has 0 fully saturated rings. The first-order chi connectivity index (χ1) is 9.29.